The first kappa shape index (κ1) is 19.0. The van der Waals surface area contributed by atoms with Crippen molar-refractivity contribution in [3.63, 3.8) is 0 Å². The highest BCUT2D eigenvalue weighted by molar-refractivity contribution is 6.19. The van der Waals surface area contributed by atoms with Crippen molar-refractivity contribution in [1.29, 1.82) is 0 Å². The molecule has 0 fully saturated rings. The predicted molar refractivity (Wildman–Crippen MR) is 94.7 cm³/mol. The minimum absolute atomic E-state index is 0.0917. The molecule has 0 saturated heterocycles. The molecule has 0 heterocycles. The number of carbonyl (C=O) groups is 1. The maximum atomic E-state index is 12.3. The van der Waals surface area contributed by atoms with Gasteiger partial charge >= 0.3 is 0 Å². The molecule has 0 atom stereocenters. The van der Waals surface area contributed by atoms with Gasteiger partial charge in [-0.25, -0.2) is 0 Å². The third-order valence-electron chi connectivity index (χ3n) is 3.64. The Morgan fingerprint density at radius 1 is 1.05 bits per heavy atom. The Bertz CT molecular complexity index is 498. The zero-order valence-corrected chi connectivity index (χ0v) is 15.7. The van der Waals surface area contributed by atoms with Gasteiger partial charge in [-0.3, -0.25) is 4.79 Å². The lowest BCUT2D eigenvalue weighted by Gasteiger charge is -2.30. The number of hydrogen-bond acceptors (Lipinski definition) is 2. The zero-order valence-electron chi connectivity index (χ0n) is 15.0. The summed E-state index contributed by atoms with van der Waals surface area (Å²) in [5, 5.41) is 0. The Kier molecular flexibility index (Phi) is 6.09. The van der Waals surface area contributed by atoms with Crippen LogP contribution in [0.1, 0.15) is 76.4 Å². The van der Waals surface area contributed by atoms with Crippen molar-refractivity contribution in [3.05, 3.63) is 28.8 Å². The van der Waals surface area contributed by atoms with Crippen molar-refractivity contribution >= 4 is 17.4 Å². The summed E-state index contributed by atoms with van der Waals surface area (Å²) < 4.78 is 5.98. The minimum Gasteiger partial charge on any atom is -0.493 e. The van der Waals surface area contributed by atoms with Crippen LogP contribution >= 0.6 is 11.6 Å². The fourth-order valence-electron chi connectivity index (χ4n) is 2.43. The second-order valence-corrected chi connectivity index (χ2v) is 8.07. The van der Waals surface area contributed by atoms with Crippen molar-refractivity contribution in [2.75, 3.05) is 12.5 Å². The molecule has 2 nitrogen and oxygen atoms in total. The summed E-state index contributed by atoms with van der Waals surface area (Å²) in [6.07, 6.45) is 0.364. The van der Waals surface area contributed by atoms with Crippen LogP contribution in [-0.4, -0.2) is 18.3 Å². The molecule has 0 aromatic heterocycles. The third-order valence-corrected chi connectivity index (χ3v) is 3.83. The monoisotopic (exact) mass is 324 g/mol. The smallest absolute Gasteiger partial charge is 0.164 e. The van der Waals surface area contributed by atoms with E-state index in [1.54, 1.807) is 0 Å². The van der Waals surface area contributed by atoms with Gasteiger partial charge in [0.2, 0.25) is 0 Å². The second kappa shape index (κ2) is 7.04. The van der Waals surface area contributed by atoms with Gasteiger partial charge in [0.1, 0.15) is 5.75 Å². The number of carbonyl (C=O) groups excluding carboxylic acids is 1. The number of halogens is 1. The number of hydrogen-bond donors (Lipinski definition) is 0. The summed E-state index contributed by atoms with van der Waals surface area (Å²) >= 11 is 5.74. The zero-order chi connectivity index (χ0) is 17.1. The minimum atomic E-state index is -0.0955. The van der Waals surface area contributed by atoms with Crippen LogP contribution in [0.15, 0.2) is 12.1 Å². The number of alkyl halides is 1. The molecule has 3 heteroatoms. The highest BCUT2D eigenvalue weighted by Gasteiger charge is 2.28. The summed E-state index contributed by atoms with van der Waals surface area (Å²) in [7, 11) is 0. The maximum Gasteiger partial charge on any atom is 0.164 e. The van der Waals surface area contributed by atoms with Crippen LogP contribution in [0.3, 0.4) is 0 Å². The Balaban J connectivity index is 3.64. The normalized spacial score (nSPS) is 12.4. The molecule has 0 unspecified atom stereocenters. The van der Waals surface area contributed by atoms with Crippen LogP contribution in [0, 0.1) is 0 Å². The van der Waals surface area contributed by atoms with E-state index in [-0.39, 0.29) is 16.6 Å². The van der Waals surface area contributed by atoms with E-state index in [9.17, 15) is 4.79 Å². The van der Waals surface area contributed by atoms with Gasteiger partial charge in [-0.1, -0.05) is 41.5 Å². The van der Waals surface area contributed by atoms with E-state index in [1.165, 1.54) is 0 Å². The summed E-state index contributed by atoms with van der Waals surface area (Å²) in [5.74, 6) is 1.36. The van der Waals surface area contributed by atoms with E-state index in [0.717, 1.165) is 22.4 Å². The average Bonchev–Trinajstić information content (AvgIpc) is 2.36. The molecule has 124 valence electrons. The second-order valence-electron chi connectivity index (χ2n) is 7.70. The van der Waals surface area contributed by atoms with E-state index >= 15 is 0 Å². The summed E-state index contributed by atoms with van der Waals surface area (Å²) in [4.78, 5) is 12.3. The van der Waals surface area contributed by atoms with Crippen molar-refractivity contribution in [2.24, 2.45) is 0 Å². The molecule has 0 saturated carbocycles. The van der Waals surface area contributed by atoms with Crippen LogP contribution in [0.4, 0.5) is 0 Å². The first-order chi connectivity index (χ1) is 10.0. The standard InChI is InChI=1S/C19H29ClO2/c1-8-22-17-14(18(2,3)4)11-13(16(21)9-10-20)12-15(17)19(5,6)7/h11-12H,8-10H2,1-7H3. The summed E-state index contributed by atoms with van der Waals surface area (Å²) in [6.45, 7) is 15.5. The van der Waals surface area contributed by atoms with Crippen LogP contribution in [0.5, 0.6) is 5.75 Å². The molecular formula is C19H29ClO2. The number of Topliss-reactive ketones (excluding diaryl/α,β-unsaturated/α-hetero) is 1. The Labute approximate surface area is 140 Å². The van der Waals surface area contributed by atoms with Gasteiger partial charge in [0.25, 0.3) is 0 Å². The highest BCUT2D eigenvalue weighted by Crippen LogP contribution is 2.41. The fourth-order valence-corrected chi connectivity index (χ4v) is 2.61. The van der Waals surface area contributed by atoms with Crippen molar-refractivity contribution in [3.8, 4) is 5.75 Å². The molecule has 1 aromatic carbocycles. The van der Waals surface area contributed by atoms with Crippen LogP contribution in [-0.2, 0) is 10.8 Å². The Morgan fingerprint density at radius 2 is 1.50 bits per heavy atom. The highest BCUT2D eigenvalue weighted by atomic mass is 35.5. The first-order valence-corrected chi connectivity index (χ1v) is 8.46. The maximum absolute atomic E-state index is 12.3. The molecule has 22 heavy (non-hydrogen) atoms. The quantitative estimate of drug-likeness (QED) is 0.528. The van der Waals surface area contributed by atoms with E-state index in [2.05, 4.69) is 41.5 Å². The fraction of sp³-hybridized carbons (Fsp3) is 0.632. The van der Waals surface area contributed by atoms with E-state index in [0.29, 0.717) is 18.9 Å². The average molecular weight is 325 g/mol. The number of ether oxygens (including phenoxy) is 1. The molecule has 0 aliphatic rings. The van der Waals surface area contributed by atoms with Crippen molar-refractivity contribution in [1.82, 2.24) is 0 Å². The molecule has 0 radical (unpaired) electrons. The van der Waals surface area contributed by atoms with Crippen LogP contribution in [0.25, 0.3) is 0 Å². The van der Waals surface area contributed by atoms with Gasteiger partial charge < -0.3 is 4.74 Å². The Hall–Kier alpha value is -1.02. The van der Waals surface area contributed by atoms with Crippen LogP contribution in [0.2, 0.25) is 0 Å². The Morgan fingerprint density at radius 3 is 1.82 bits per heavy atom. The summed E-state index contributed by atoms with van der Waals surface area (Å²) in [6, 6.07) is 3.96. The van der Waals surface area contributed by atoms with Gasteiger partial charge in [0.15, 0.2) is 5.78 Å². The third kappa shape index (κ3) is 4.49. The predicted octanol–water partition coefficient (Wildman–Crippen LogP) is 5.49. The van der Waals surface area contributed by atoms with Crippen LogP contribution < -0.4 is 4.74 Å². The topological polar surface area (TPSA) is 26.3 Å². The van der Waals surface area contributed by atoms with E-state index < -0.39 is 0 Å². The first-order valence-electron chi connectivity index (χ1n) is 7.93. The number of rotatable bonds is 5. The largest absolute Gasteiger partial charge is 0.493 e. The SMILES string of the molecule is CCOc1c(C(C)(C)C)cc(C(=O)CCCl)cc1C(C)(C)C. The molecule has 0 aliphatic heterocycles. The molecule has 1 aromatic rings. The molecule has 0 aliphatic carbocycles. The van der Waals surface area contributed by atoms with Crippen molar-refractivity contribution in [2.45, 2.75) is 65.7 Å². The molecular weight excluding hydrogens is 296 g/mol. The van der Waals surface area contributed by atoms with E-state index in [4.69, 9.17) is 16.3 Å². The van der Waals surface area contributed by atoms with Gasteiger partial charge in [-0.05, 0) is 29.9 Å². The number of benzene rings is 1. The lowest BCUT2D eigenvalue weighted by Crippen LogP contribution is -2.21. The van der Waals surface area contributed by atoms with E-state index in [1.807, 2.05) is 19.1 Å². The van der Waals surface area contributed by atoms with Crippen molar-refractivity contribution < 1.29 is 9.53 Å². The van der Waals surface area contributed by atoms with Gasteiger partial charge in [-0.2, -0.15) is 0 Å². The van der Waals surface area contributed by atoms with Gasteiger partial charge in [0.05, 0.1) is 6.61 Å². The molecule has 0 spiro atoms. The van der Waals surface area contributed by atoms with Gasteiger partial charge in [0, 0.05) is 29.0 Å². The molecule has 1 rings (SSSR count). The number of ketones is 1. The molecule has 0 amide bonds. The lowest BCUT2D eigenvalue weighted by atomic mass is 9.78. The summed E-state index contributed by atoms with van der Waals surface area (Å²) in [5.41, 5.74) is 2.71. The molecule has 0 N–H and O–H groups in total. The molecule has 0 bridgehead atoms. The van der Waals surface area contributed by atoms with Gasteiger partial charge in [-0.15, -0.1) is 11.6 Å². The lowest BCUT2D eigenvalue weighted by molar-refractivity contribution is 0.0989.